The highest BCUT2D eigenvalue weighted by molar-refractivity contribution is 5.80. The fourth-order valence-corrected chi connectivity index (χ4v) is 1.60. The van der Waals surface area contributed by atoms with Crippen molar-refractivity contribution in [1.82, 2.24) is 9.55 Å². The summed E-state index contributed by atoms with van der Waals surface area (Å²) in [6.07, 6.45) is 0. The largest absolute Gasteiger partial charge is 0.508 e. The summed E-state index contributed by atoms with van der Waals surface area (Å²) < 4.78 is 1.95. The van der Waals surface area contributed by atoms with Gasteiger partial charge in [-0.3, -0.25) is 0 Å². The molecule has 0 aliphatic carbocycles. The molecule has 1 aromatic heterocycles. The third-order valence-corrected chi connectivity index (χ3v) is 2.59. The zero-order valence-electron chi connectivity index (χ0n) is 9.44. The van der Waals surface area contributed by atoms with E-state index >= 15 is 0 Å². The molecule has 1 heterocycles. The Hall–Kier alpha value is -1.75. The molecule has 5 heteroatoms. The Kier molecular flexibility index (Phi) is 2.70. The summed E-state index contributed by atoms with van der Waals surface area (Å²) in [7, 11) is 1.93. The van der Waals surface area contributed by atoms with E-state index in [0.717, 1.165) is 17.0 Å². The van der Waals surface area contributed by atoms with E-state index in [1.165, 1.54) is 0 Å². The standard InChI is InChI=1S/C11H16N4O/c1-7(6-12)13-11-14-9-5-8(16)3-4-10(9)15(11)2/h3-5,7,16H,6,12H2,1-2H3,(H,13,14). The number of benzene rings is 1. The normalized spacial score (nSPS) is 12.9. The highest BCUT2D eigenvalue weighted by Gasteiger charge is 2.09. The molecule has 0 aliphatic rings. The highest BCUT2D eigenvalue weighted by atomic mass is 16.3. The van der Waals surface area contributed by atoms with Crippen LogP contribution < -0.4 is 11.1 Å². The van der Waals surface area contributed by atoms with Crippen molar-refractivity contribution in [2.24, 2.45) is 12.8 Å². The minimum absolute atomic E-state index is 0.170. The number of phenols is 1. The number of imidazole rings is 1. The summed E-state index contributed by atoms with van der Waals surface area (Å²) in [5.41, 5.74) is 7.30. The lowest BCUT2D eigenvalue weighted by Gasteiger charge is -2.11. The van der Waals surface area contributed by atoms with Gasteiger partial charge in [-0.05, 0) is 19.1 Å². The van der Waals surface area contributed by atoms with Crippen LogP contribution in [0.2, 0.25) is 0 Å². The van der Waals surface area contributed by atoms with E-state index in [2.05, 4.69) is 10.3 Å². The van der Waals surface area contributed by atoms with Crippen LogP contribution in [0.15, 0.2) is 18.2 Å². The van der Waals surface area contributed by atoms with E-state index < -0.39 is 0 Å². The summed E-state index contributed by atoms with van der Waals surface area (Å²) in [6.45, 7) is 2.55. The number of phenolic OH excluding ortho intramolecular Hbond substituents is 1. The van der Waals surface area contributed by atoms with Gasteiger partial charge in [-0.15, -0.1) is 0 Å². The van der Waals surface area contributed by atoms with Gasteiger partial charge in [-0.1, -0.05) is 0 Å². The SMILES string of the molecule is CC(CN)Nc1nc2cc(O)ccc2n1C. The molecule has 2 rings (SSSR count). The van der Waals surface area contributed by atoms with Crippen LogP contribution in [0.4, 0.5) is 5.95 Å². The minimum Gasteiger partial charge on any atom is -0.508 e. The zero-order valence-corrected chi connectivity index (χ0v) is 9.44. The number of aromatic hydroxyl groups is 1. The molecular formula is C11H16N4O. The van der Waals surface area contributed by atoms with Gasteiger partial charge in [0, 0.05) is 25.7 Å². The maximum atomic E-state index is 9.37. The molecule has 4 N–H and O–H groups in total. The Balaban J connectivity index is 2.43. The molecule has 0 aliphatic heterocycles. The average Bonchev–Trinajstić information content (AvgIpc) is 2.55. The second-order valence-electron chi connectivity index (χ2n) is 3.95. The van der Waals surface area contributed by atoms with Gasteiger partial charge in [0.1, 0.15) is 5.75 Å². The molecule has 0 spiro atoms. The lowest BCUT2D eigenvalue weighted by molar-refractivity contribution is 0.476. The molecule has 0 bridgehead atoms. The molecule has 0 saturated heterocycles. The van der Waals surface area contributed by atoms with Crippen molar-refractivity contribution >= 4 is 17.0 Å². The molecular weight excluding hydrogens is 204 g/mol. The van der Waals surface area contributed by atoms with E-state index in [1.54, 1.807) is 12.1 Å². The first kappa shape index (κ1) is 10.8. The Morgan fingerprint density at radius 1 is 1.56 bits per heavy atom. The molecule has 0 fully saturated rings. The van der Waals surface area contributed by atoms with Crippen LogP contribution in [0, 0.1) is 0 Å². The molecule has 1 atom stereocenters. The van der Waals surface area contributed by atoms with Crippen LogP contribution in [-0.2, 0) is 7.05 Å². The third kappa shape index (κ3) is 1.81. The van der Waals surface area contributed by atoms with E-state index in [4.69, 9.17) is 5.73 Å². The first-order valence-corrected chi connectivity index (χ1v) is 5.24. The number of hydrogen-bond acceptors (Lipinski definition) is 4. The fraction of sp³-hybridized carbons (Fsp3) is 0.364. The molecule has 16 heavy (non-hydrogen) atoms. The van der Waals surface area contributed by atoms with E-state index in [-0.39, 0.29) is 11.8 Å². The van der Waals surface area contributed by atoms with Gasteiger partial charge in [-0.2, -0.15) is 0 Å². The van der Waals surface area contributed by atoms with Crippen LogP contribution in [0.3, 0.4) is 0 Å². The fourth-order valence-electron chi connectivity index (χ4n) is 1.60. The molecule has 0 saturated carbocycles. The van der Waals surface area contributed by atoms with Crippen molar-refractivity contribution in [1.29, 1.82) is 0 Å². The number of nitrogens with two attached hydrogens (primary N) is 1. The second-order valence-corrected chi connectivity index (χ2v) is 3.95. The van der Waals surface area contributed by atoms with Crippen LogP contribution in [0.25, 0.3) is 11.0 Å². The number of nitrogens with one attached hydrogen (secondary N) is 1. The summed E-state index contributed by atoms with van der Waals surface area (Å²) >= 11 is 0. The van der Waals surface area contributed by atoms with Crippen molar-refractivity contribution in [3.63, 3.8) is 0 Å². The van der Waals surface area contributed by atoms with Gasteiger partial charge < -0.3 is 20.7 Å². The van der Waals surface area contributed by atoms with Gasteiger partial charge in [-0.25, -0.2) is 4.98 Å². The van der Waals surface area contributed by atoms with Crippen molar-refractivity contribution < 1.29 is 5.11 Å². The number of nitrogens with zero attached hydrogens (tertiary/aromatic N) is 2. The molecule has 86 valence electrons. The predicted octanol–water partition coefficient (Wildman–Crippen LogP) is 1.04. The first-order valence-electron chi connectivity index (χ1n) is 5.24. The molecule has 2 aromatic rings. The number of anilines is 1. The van der Waals surface area contributed by atoms with E-state index in [9.17, 15) is 5.11 Å². The monoisotopic (exact) mass is 220 g/mol. The summed E-state index contributed by atoms with van der Waals surface area (Å²) in [5.74, 6) is 0.988. The predicted molar refractivity (Wildman–Crippen MR) is 64.5 cm³/mol. The van der Waals surface area contributed by atoms with Gasteiger partial charge in [0.15, 0.2) is 0 Å². The Bertz CT molecular complexity index is 506. The van der Waals surface area contributed by atoms with E-state index in [0.29, 0.717) is 6.54 Å². The van der Waals surface area contributed by atoms with Crippen LogP contribution in [0.5, 0.6) is 5.75 Å². The summed E-state index contributed by atoms with van der Waals surface area (Å²) in [5, 5.41) is 12.6. The first-order chi connectivity index (χ1) is 7.61. The lowest BCUT2D eigenvalue weighted by atomic mass is 10.3. The zero-order chi connectivity index (χ0) is 11.7. The van der Waals surface area contributed by atoms with Crippen LogP contribution in [0.1, 0.15) is 6.92 Å². The number of aryl methyl sites for hydroxylation is 1. The summed E-state index contributed by atoms with van der Waals surface area (Å²) in [6, 6.07) is 5.31. The molecule has 0 amide bonds. The second kappa shape index (κ2) is 4.02. The highest BCUT2D eigenvalue weighted by Crippen LogP contribution is 2.22. The van der Waals surface area contributed by atoms with Crippen LogP contribution in [-0.4, -0.2) is 27.2 Å². The van der Waals surface area contributed by atoms with Crippen molar-refractivity contribution in [2.75, 3.05) is 11.9 Å². The smallest absolute Gasteiger partial charge is 0.203 e. The Morgan fingerprint density at radius 2 is 2.31 bits per heavy atom. The lowest BCUT2D eigenvalue weighted by Crippen LogP contribution is -2.26. The quantitative estimate of drug-likeness (QED) is 0.722. The van der Waals surface area contributed by atoms with E-state index in [1.807, 2.05) is 24.6 Å². The Morgan fingerprint density at radius 3 is 3.00 bits per heavy atom. The number of fused-ring (bicyclic) bond motifs is 1. The van der Waals surface area contributed by atoms with Crippen molar-refractivity contribution in [2.45, 2.75) is 13.0 Å². The topological polar surface area (TPSA) is 76.1 Å². The average molecular weight is 220 g/mol. The third-order valence-electron chi connectivity index (χ3n) is 2.59. The number of rotatable bonds is 3. The van der Waals surface area contributed by atoms with Crippen LogP contribution >= 0.6 is 0 Å². The number of aromatic nitrogens is 2. The van der Waals surface area contributed by atoms with Gasteiger partial charge in [0.25, 0.3) is 0 Å². The van der Waals surface area contributed by atoms with Gasteiger partial charge >= 0.3 is 0 Å². The molecule has 0 radical (unpaired) electrons. The Labute approximate surface area is 93.9 Å². The van der Waals surface area contributed by atoms with Crippen molar-refractivity contribution in [3.8, 4) is 5.75 Å². The van der Waals surface area contributed by atoms with Gasteiger partial charge in [0.2, 0.25) is 5.95 Å². The maximum Gasteiger partial charge on any atom is 0.203 e. The minimum atomic E-state index is 0.170. The molecule has 1 aromatic carbocycles. The molecule has 5 nitrogen and oxygen atoms in total. The van der Waals surface area contributed by atoms with Crippen molar-refractivity contribution in [3.05, 3.63) is 18.2 Å². The number of hydrogen-bond donors (Lipinski definition) is 3. The molecule has 1 unspecified atom stereocenters. The summed E-state index contributed by atoms with van der Waals surface area (Å²) in [4.78, 5) is 4.40. The van der Waals surface area contributed by atoms with Gasteiger partial charge in [0.05, 0.1) is 11.0 Å². The maximum absolute atomic E-state index is 9.37.